The molecule has 3 nitrogen and oxygen atoms in total. The van der Waals surface area contributed by atoms with Crippen LogP contribution >= 0.6 is 0 Å². The standard InChI is InChI=1S/C9H12O3/c1-2-9(12)6-3-7(10)5-8(11)4-6/h6H,2-5H2,1H3. The summed E-state index contributed by atoms with van der Waals surface area (Å²) < 4.78 is 0. The van der Waals surface area contributed by atoms with Crippen LogP contribution in [0.1, 0.15) is 32.6 Å². The Kier molecular flexibility index (Phi) is 2.74. The van der Waals surface area contributed by atoms with Crippen molar-refractivity contribution < 1.29 is 14.4 Å². The maximum atomic E-state index is 11.2. The average molecular weight is 168 g/mol. The van der Waals surface area contributed by atoms with E-state index in [0.29, 0.717) is 6.42 Å². The summed E-state index contributed by atoms with van der Waals surface area (Å²) >= 11 is 0. The van der Waals surface area contributed by atoms with Crippen molar-refractivity contribution in [1.29, 1.82) is 0 Å². The molecule has 0 saturated heterocycles. The number of carbonyl (C=O) groups excluding carboxylic acids is 3. The van der Waals surface area contributed by atoms with Crippen molar-refractivity contribution in [2.75, 3.05) is 0 Å². The van der Waals surface area contributed by atoms with Crippen molar-refractivity contribution >= 4 is 17.3 Å². The molecular weight excluding hydrogens is 156 g/mol. The maximum Gasteiger partial charge on any atom is 0.140 e. The topological polar surface area (TPSA) is 51.2 Å². The van der Waals surface area contributed by atoms with Crippen LogP contribution in [0.4, 0.5) is 0 Å². The summed E-state index contributed by atoms with van der Waals surface area (Å²) in [4.78, 5) is 33.0. The first-order valence-corrected chi connectivity index (χ1v) is 4.19. The Morgan fingerprint density at radius 3 is 2.25 bits per heavy atom. The van der Waals surface area contributed by atoms with E-state index in [1.807, 2.05) is 0 Å². The van der Waals surface area contributed by atoms with Gasteiger partial charge in [-0.15, -0.1) is 0 Å². The van der Waals surface area contributed by atoms with Gasteiger partial charge in [-0.25, -0.2) is 0 Å². The van der Waals surface area contributed by atoms with Crippen LogP contribution in [0.3, 0.4) is 0 Å². The lowest BCUT2D eigenvalue weighted by Crippen LogP contribution is -2.27. The van der Waals surface area contributed by atoms with Crippen LogP contribution in [-0.4, -0.2) is 17.3 Å². The minimum Gasteiger partial charge on any atom is -0.299 e. The Morgan fingerprint density at radius 1 is 1.33 bits per heavy atom. The van der Waals surface area contributed by atoms with Crippen molar-refractivity contribution in [2.24, 2.45) is 5.92 Å². The average Bonchev–Trinajstić information content (AvgIpc) is 2.01. The molecule has 1 rings (SSSR count). The Balaban J connectivity index is 2.61. The summed E-state index contributed by atoms with van der Waals surface area (Å²) in [5.74, 6) is -0.448. The van der Waals surface area contributed by atoms with Gasteiger partial charge >= 0.3 is 0 Å². The third kappa shape index (κ3) is 2.00. The molecule has 1 aliphatic rings. The summed E-state index contributed by atoms with van der Waals surface area (Å²) in [7, 11) is 0. The molecule has 0 amide bonds. The van der Waals surface area contributed by atoms with Crippen molar-refractivity contribution in [1.82, 2.24) is 0 Å². The van der Waals surface area contributed by atoms with Crippen LogP contribution in [-0.2, 0) is 14.4 Å². The van der Waals surface area contributed by atoms with Crippen molar-refractivity contribution in [3.05, 3.63) is 0 Å². The van der Waals surface area contributed by atoms with Gasteiger partial charge in [0.2, 0.25) is 0 Å². The zero-order chi connectivity index (χ0) is 9.14. The normalized spacial score (nSPS) is 19.8. The molecule has 0 atom stereocenters. The highest BCUT2D eigenvalue weighted by Crippen LogP contribution is 2.20. The van der Waals surface area contributed by atoms with Crippen molar-refractivity contribution in [2.45, 2.75) is 32.6 Å². The molecule has 1 saturated carbocycles. The second-order valence-corrected chi connectivity index (χ2v) is 3.18. The van der Waals surface area contributed by atoms with Crippen molar-refractivity contribution in [3.8, 4) is 0 Å². The van der Waals surface area contributed by atoms with Gasteiger partial charge in [0.15, 0.2) is 0 Å². The number of hydrogen-bond acceptors (Lipinski definition) is 3. The lowest BCUT2D eigenvalue weighted by molar-refractivity contribution is -0.136. The second kappa shape index (κ2) is 3.61. The molecule has 0 spiro atoms. The lowest BCUT2D eigenvalue weighted by atomic mass is 9.84. The summed E-state index contributed by atoms with van der Waals surface area (Å²) in [5.41, 5.74) is 0. The van der Waals surface area contributed by atoms with E-state index in [-0.39, 0.29) is 42.5 Å². The van der Waals surface area contributed by atoms with Crippen LogP contribution in [0.2, 0.25) is 0 Å². The van der Waals surface area contributed by atoms with Gasteiger partial charge in [0.1, 0.15) is 17.3 Å². The van der Waals surface area contributed by atoms with Crippen LogP contribution < -0.4 is 0 Å². The number of rotatable bonds is 2. The molecule has 1 fully saturated rings. The first-order chi connectivity index (χ1) is 5.63. The molecule has 0 aromatic heterocycles. The molecule has 1 aliphatic carbocycles. The highest BCUT2D eigenvalue weighted by molar-refractivity contribution is 6.05. The van der Waals surface area contributed by atoms with E-state index >= 15 is 0 Å². The number of Topliss-reactive ketones (excluding diaryl/α,β-unsaturated/α-hetero) is 3. The molecule has 0 bridgehead atoms. The molecule has 0 N–H and O–H groups in total. The zero-order valence-corrected chi connectivity index (χ0v) is 7.13. The summed E-state index contributed by atoms with van der Waals surface area (Å²) in [6.45, 7) is 1.76. The van der Waals surface area contributed by atoms with E-state index < -0.39 is 0 Å². The van der Waals surface area contributed by atoms with Gasteiger partial charge in [0.05, 0.1) is 6.42 Å². The molecule has 0 radical (unpaired) electrons. The SMILES string of the molecule is CCC(=O)C1CC(=O)CC(=O)C1. The summed E-state index contributed by atoms with van der Waals surface area (Å²) in [6.07, 6.45) is 1.01. The first-order valence-electron chi connectivity index (χ1n) is 4.19. The highest BCUT2D eigenvalue weighted by Gasteiger charge is 2.28. The van der Waals surface area contributed by atoms with E-state index in [4.69, 9.17) is 0 Å². The fourth-order valence-corrected chi connectivity index (χ4v) is 1.50. The first kappa shape index (κ1) is 9.10. The van der Waals surface area contributed by atoms with Gasteiger partial charge in [-0.2, -0.15) is 0 Å². The van der Waals surface area contributed by atoms with E-state index in [0.717, 1.165) is 0 Å². The van der Waals surface area contributed by atoms with Crippen LogP contribution in [0, 0.1) is 5.92 Å². The van der Waals surface area contributed by atoms with Crippen molar-refractivity contribution in [3.63, 3.8) is 0 Å². The van der Waals surface area contributed by atoms with Crippen LogP contribution in [0.25, 0.3) is 0 Å². The number of hydrogen-bond donors (Lipinski definition) is 0. The summed E-state index contributed by atoms with van der Waals surface area (Å²) in [5, 5.41) is 0. The Hall–Kier alpha value is -0.990. The Labute approximate surface area is 71.1 Å². The highest BCUT2D eigenvalue weighted by atomic mass is 16.2. The fraction of sp³-hybridized carbons (Fsp3) is 0.667. The van der Waals surface area contributed by atoms with Gasteiger partial charge in [0.25, 0.3) is 0 Å². The Morgan fingerprint density at radius 2 is 1.83 bits per heavy atom. The number of ketones is 3. The Bertz CT molecular complexity index is 214. The molecular formula is C9H12O3. The third-order valence-corrected chi connectivity index (χ3v) is 2.15. The molecule has 12 heavy (non-hydrogen) atoms. The number of carbonyl (C=O) groups is 3. The van der Waals surface area contributed by atoms with E-state index in [2.05, 4.69) is 0 Å². The molecule has 3 heteroatoms. The van der Waals surface area contributed by atoms with Gasteiger partial charge in [-0.3, -0.25) is 14.4 Å². The minimum absolute atomic E-state index is 0.0352. The van der Waals surface area contributed by atoms with E-state index in [1.165, 1.54) is 0 Å². The fourth-order valence-electron chi connectivity index (χ4n) is 1.50. The summed E-state index contributed by atoms with van der Waals surface area (Å²) in [6, 6.07) is 0. The molecule has 0 unspecified atom stereocenters. The van der Waals surface area contributed by atoms with Gasteiger partial charge in [-0.1, -0.05) is 6.92 Å². The minimum atomic E-state index is -0.316. The smallest absolute Gasteiger partial charge is 0.140 e. The predicted molar refractivity (Wildman–Crippen MR) is 42.7 cm³/mol. The molecule has 66 valence electrons. The zero-order valence-electron chi connectivity index (χ0n) is 7.13. The monoisotopic (exact) mass is 168 g/mol. The molecule has 0 aromatic rings. The van der Waals surface area contributed by atoms with Crippen LogP contribution in [0.5, 0.6) is 0 Å². The van der Waals surface area contributed by atoms with Gasteiger partial charge < -0.3 is 0 Å². The lowest BCUT2D eigenvalue weighted by Gasteiger charge is -2.17. The largest absolute Gasteiger partial charge is 0.299 e. The third-order valence-electron chi connectivity index (χ3n) is 2.15. The van der Waals surface area contributed by atoms with Gasteiger partial charge in [-0.05, 0) is 0 Å². The van der Waals surface area contributed by atoms with Gasteiger partial charge in [0, 0.05) is 25.2 Å². The second-order valence-electron chi connectivity index (χ2n) is 3.18. The predicted octanol–water partition coefficient (Wildman–Crippen LogP) is 0.904. The maximum absolute atomic E-state index is 11.2. The quantitative estimate of drug-likeness (QED) is 0.576. The van der Waals surface area contributed by atoms with E-state index in [1.54, 1.807) is 6.92 Å². The molecule has 0 heterocycles. The molecule has 0 aliphatic heterocycles. The van der Waals surface area contributed by atoms with E-state index in [9.17, 15) is 14.4 Å². The van der Waals surface area contributed by atoms with Crippen LogP contribution in [0.15, 0.2) is 0 Å². The molecule has 0 aromatic carbocycles.